The first-order chi connectivity index (χ1) is 15.7. The molecular formula is C24H28N4O3S2. The number of carbonyl (C=O) groups is 1. The lowest BCUT2D eigenvalue weighted by Crippen LogP contribution is -2.39. The van der Waals surface area contributed by atoms with E-state index in [0.717, 1.165) is 24.0 Å². The first-order valence-corrected chi connectivity index (χ1v) is 13.3. The highest BCUT2D eigenvalue weighted by Gasteiger charge is 2.33. The van der Waals surface area contributed by atoms with Crippen LogP contribution in [-0.2, 0) is 10.0 Å². The van der Waals surface area contributed by atoms with Gasteiger partial charge in [-0.15, -0.1) is 10.2 Å². The fourth-order valence-corrected chi connectivity index (χ4v) is 6.24. The number of sulfonamides is 1. The number of benzene rings is 2. The third kappa shape index (κ3) is 5.31. The highest BCUT2D eigenvalue weighted by Crippen LogP contribution is 2.32. The second kappa shape index (κ2) is 9.70. The van der Waals surface area contributed by atoms with E-state index < -0.39 is 10.0 Å². The van der Waals surface area contributed by atoms with E-state index >= 15 is 0 Å². The number of rotatable bonds is 6. The lowest BCUT2D eigenvalue weighted by Gasteiger charge is -2.30. The number of nitrogens with one attached hydrogen (secondary N) is 1. The molecular weight excluding hydrogens is 456 g/mol. The van der Waals surface area contributed by atoms with Gasteiger partial charge in [-0.1, -0.05) is 55.0 Å². The van der Waals surface area contributed by atoms with E-state index in [1.165, 1.54) is 15.6 Å². The molecule has 0 unspecified atom stereocenters. The van der Waals surface area contributed by atoms with E-state index in [2.05, 4.69) is 29.4 Å². The predicted molar refractivity (Wildman–Crippen MR) is 130 cm³/mol. The SMILES string of the molecule is Cc1ccc(NC(=O)c2nnc([C@H]3CCCN(S(=O)(=O)c4ccc(C(C)C)cc4)C3)s2)cc1. The molecule has 174 valence electrons. The van der Waals surface area contributed by atoms with Crippen LogP contribution >= 0.6 is 11.3 Å². The van der Waals surface area contributed by atoms with Crippen molar-refractivity contribution in [2.45, 2.75) is 50.3 Å². The van der Waals surface area contributed by atoms with Crippen LogP contribution in [0.5, 0.6) is 0 Å². The standard InChI is InChI=1S/C24H28N4O3S2/c1-16(2)18-8-12-21(13-9-18)33(30,31)28-14-4-5-19(15-28)23-26-27-24(32-23)22(29)25-20-10-6-17(3)7-11-20/h6-13,16,19H,4-5,14-15H2,1-3H3,(H,25,29)/t19-/m0/s1. The Morgan fingerprint density at radius 2 is 1.79 bits per heavy atom. The summed E-state index contributed by atoms with van der Waals surface area (Å²) >= 11 is 1.23. The van der Waals surface area contributed by atoms with Gasteiger partial charge in [-0.05, 0) is 55.5 Å². The largest absolute Gasteiger partial charge is 0.320 e. The van der Waals surface area contributed by atoms with Crippen molar-refractivity contribution in [2.24, 2.45) is 0 Å². The fourth-order valence-electron chi connectivity index (χ4n) is 3.85. The van der Waals surface area contributed by atoms with Crippen molar-refractivity contribution in [3.05, 3.63) is 69.7 Å². The third-order valence-corrected chi connectivity index (χ3v) is 8.83. The molecule has 9 heteroatoms. The molecule has 0 spiro atoms. The van der Waals surface area contributed by atoms with Crippen LogP contribution in [0.15, 0.2) is 53.4 Å². The van der Waals surface area contributed by atoms with Gasteiger partial charge >= 0.3 is 0 Å². The minimum absolute atomic E-state index is 0.0816. The topological polar surface area (TPSA) is 92.3 Å². The summed E-state index contributed by atoms with van der Waals surface area (Å²) in [6.45, 7) is 6.95. The summed E-state index contributed by atoms with van der Waals surface area (Å²) in [5.74, 6) is -0.0500. The maximum atomic E-state index is 13.2. The molecule has 1 amide bonds. The predicted octanol–water partition coefficient (Wildman–Crippen LogP) is 4.79. The van der Waals surface area contributed by atoms with Gasteiger partial charge in [-0.3, -0.25) is 4.79 Å². The van der Waals surface area contributed by atoms with Crippen LogP contribution in [0.3, 0.4) is 0 Å². The molecule has 0 bridgehead atoms. The molecule has 1 aromatic heterocycles. The number of nitrogens with zero attached hydrogens (tertiary/aromatic N) is 3. The summed E-state index contributed by atoms with van der Waals surface area (Å²) in [7, 11) is -3.59. The Labute approximate surface area is 198 Å². The zero-order valence-corrected chi connectivity index (χ0v) is 20.6. The highest BCUT2D eigenvalue weighted by atomic mass is 32.2. The van der Waals surface area contributed by atoms with Crippen LogP contribution in [0.25, 0.3) is 0 Å². The summed E-state index contributed by atoms with van der Waals surface area (Å²) < 4.78 is 28.0. The maximum Gasteiger partial charge on any atom is 0.286 e. The lowest BCUT2D eigenvalue weighted by atomic mass is 10.0. The second-order valence-corrected chi connectivity index (χ2v) is 11.6. The van der Waals surface area contributed by atoms with Gasteiger partial charge in [0.05, 0.1) is 4.90 Å². The average Bonchev–Trinajstić information content (AvgIpc) is 3.31. The molecule has 0 saturated carbocycles. The average molecular weight is 485 g/mol. The van der Waals surface area contributed by atoms with Crippen molar-refractivity contribution >= 4 is 33.0 Å². The van der Waals surface area contributed by atoms with Crippen molar-refractivity contribution < 1.29 is 13.2 Å². The van der Waals surface area contributed by atoms with E-state index in [1.54, 1.807) is 12.1 Å². The first kappa shape index (κ1) is 23.5. The highest BCUT2D eigenvalue weighted by molar-refractivity contribution is 7.89. The number of hydrogen-bond acceptors (Lipinski definition) is 6. The van der Waals surface area contributed by atoms with Gasteiger partial charge in [0.1, 0.15) is 5.01 Å². The van der Waals surface area contributed by atoms with Crippen LogP contribution < -0.4 is 5.32 Å². The molecule has 3 aromatic rings. The molecule has 4 rings (SSSR count). The smallest absolute Gasteiger partial charge is 0.286 e. The number of hydrogen-bond donors (Lipinski definition) is 1. The van der Waals surface area contributed by atoms with Crippen LogP contribution in [0.1, 0.15) is 64.5 Å². The number of carbonyl (C=O) groups excluding carboxylic acids is 1. The number of aromatic nitrogens is 2. The summed E-state index contributed by atoms with van der Waals surface area (Å²) in [5, 5.41) is 12.1. The third-order valence-electron chi connectivity index (χ3n) is 5.86. The van der Waals surface area contributed by atoms with Gasteiger partial charge in [-0.2, -0.15) is 4.31 Å². The van der Waals surface area contributed by atoms with E-state index in [4.69, 9.17) is 0 Å². The Hall–Kier alpha value is -2.62. The van der Waals surface area contributed by atoms with Crippen molar-refractivity contribution in [3.8, 4) is 0 Å². The normalized spacial score (nSPS) is 17.3. The van der Waals surface area contributed by atoms with Gasteiger partial charge < -0.3 is 5.32 Å². The number of anilines is 1. The molecule has 1 atom stereocenters. The molecule has 1 fully saturated rings. The zero-order chi connectivity index (χ0) is 23.6. The van der Waals surface area contributed by atoms with Crippen molar-refractivity contribution in [1.29, 1.82) is 0 Å². The van der Waals surface area contributed by atoms with Crippen LogP contribution in [0, 0.1) is 6.92 Å². The van der Waals surface area contributed by atoms with Gasteiger partial charge in [0, 0.05) is 24.7 Å². The Morgan fingerprint density at radius 1 is 1.09 bits per heavy atom. The second-order valence-electron chi connectivity index (χ2n) is 8.69. The molecule has 1 saturated heterocycles. The molecule has 0 radical (unpaired) electrons. The summed E-state index contributed by atoms with van der Waals surface area (Å²) in [4.78, 5) is 12.9. The molecule has 2 heterocycles. The monoisotopic (exact) mass is 484 g/mol. The van der Waals surface area contributed by atoms with Gasteiger partial charge in [0.25, 0.3) is 5.91 Å². The van der Waals surface area contributed by atoms with Gasteiger partial charge in [0.2, 0.25) is 15.0 Å². The Morgan fingerprint density at radius 3 is 2.45 bits per heavy atom. The van der Waals surface area contributed by atoms with Crippen LogP contribution in [-0.4, -0.2) is 41.9 Å². The molecule has 2 aromatic carbocycles. The first-order valence-electron chi connectivity index (χ1n) is 11.1. The summed E-state index contributed by atoms with van der Waals surface area (Å²) in [5.41, 5.74) is 2.91. The maximum absolute atomic E-state index is 13.2. The molecule has 1 aliphatic rings. The summed E-state index contributed by atoms with van der Waals surface area (Å²) in [6, 6.07) is 14.7. The number of amides is 1. The number of aryl methyl sites for hydroxylation is 1. The minimum Gasteiger partial charge on any atom is -0.320 e. The Bertz CT molecular complexity index is 1220. The molecule has 1 aliphatic heterocycles. The van der Waals surface area contributed by atoms with E-state index in [1.807, 2.05) is 43.3 Å². The Kier molecular flexibility index (Phi) is 6.92. The Balaban J connectivity index is 1.45. The van der Waals surface area contributed by atoms with Crippen molar-refractivity contribution in [1.82, 2.24) is 14.5 Å². The van der Waals surface area contributed by atoms with Crippen LogP contribution in [0.2, 0.25) is 0 Å². The van der Waals surface area contributed by atoms with E-state index in [0.29, 0.717) is 34.6 Å². The molecule has 7 nitrogen and oxygen atoms in total. The van der Waals surface area contributed by atoms with Crippen molar-refractivity contribution in [3.63, 3.8) is 0 Å². The lowest BCUT2D eigenvalue weighted by molar-refractivity contribution is 0.102. The van der Waals surface area contributed by atoms with Crippen LogP contribution in [0.4, 0.5) is 5.69 Å². The van der Waals surface area contributed by atoms with E-state index in [-0.39, 0.29) is 16.8 Å². The fraction of sp³-hybridized carbons (Fsp3) is 0.375. The van der Waals surface area contributed by atoms with E-state index in [9.17, 15) is 13.2 Å². The zero-order valence-electron chi connectivity index (χ0n) is 19.0. The summed E-state index contributed by atoms with van der Waals surface area (Å²) in [6.07, 6.45) is 1.55. The van der Waals surface area contributed by atoms with Crippen molar-refractivity contribution in [2.75, 3.05) is 18.4 Å². The quantitative estimate of drug-likeness (QED) is 0.543. The molecule has 0 aliphatic carbocycles. The van der Waals surface area contributed by atoms with Gasteiger partial charge in [0.15, 0.2) is 0 Å². The minimum atomic E-state index is -3.59. The number of piperidine rings is 1. The van der Waals surface area contributed by atoms with Gasteiger partial charge in [-0.25, -0.2) is 8.42 Å². The molecule has 33 heavy (non-hydrogen) atoms. The molecule has 1 N–H and O–H groups in total.